The molecule has 1 aliphatic carbocycles. The molecule has 2 rings (SSSR count). The number of anilines is 1. The summed E-state index contributed by atoms with van der Waals surface area (Å²) in [6, 6.07) is 3.60. The summed E-state index contributed by atoms with van der Waals surface area (Å²) >= 11 is 1.26. The van der Waals surface area contributed by atoms with Crippen molar-refractivity contribution in [3.05, 3.63) is 17.0 Å². The van der Waals surface area contributed by atoms with E-state index in [9.17, 15) is 9.59 Å². The van der Waals surface area contributed by atoms with Crippen molar-refractivity contribution >= 4 is 28.2 Å². The molecular formula is C12H13N3O3S. The fourth-order valence-electron chi connectivity index (χ4n) is 1.91. The summed E-state index contributed by atoms with van der Waals surface area (Å²) in [5.41, 5.74) is -0.542. The molecule has 0 aromatic carbocycles. The first-order chi connectivity index (χ1) is 9.07. The lowest BCUT2D eigenvalue weighted by Gasteiger charge is -2.38. The second-order valence-electron chi connectivity index (χ2n) is 4.42. The van der Waals surface area contributed by atoms with Gasteiger partial charge in [-0.3, -0.25) is 14.9 Å². The molecule has 0 atom stereocenters. The van der Waals surface area contributed by atoms with Crippen molar-refractivity contribution in [2.45, 2.75) is 24.8 Å². The minimum atomic E-state index is -0.954. The monoisotopic (exact) mass is 279 g/mol. The molecule has 100 valence electrons. The predicted octanol–water partition coefficient (Wildman–Crippen LogP) is 1.16. The van der Waals surface area contributed by atoms with E-state index in [2.05, 4.69) is 10.6 Å². The number of nitriles is 1. The zero-order valence-corrected chi connectivity index (χ0v) is 10.9. The molecule has 0 radical (unpaired) electrons. The van der Waals surface area contributed by atoms with Gasteiger partial charge in [0.15, 0.2) is 0 Å². The average Bonchev–Trinajstić information content (AvgIpc) is 2.74. The number of thiophene rings is 1. The van der Waals surface area contributed by atoms with Gasteiger partial charge in [0.2, 0.25) is 5.91 Å². The van der Waals surface area contributed by atoms with Crippen molar-refractivity contribution in [3.8, 4) is 6.07 Å². The molecule has 0 unspecified atom stereocenters. The van der Waals surface area contributed by atoms with E-state index in [1.165, 1.54) is 11.3 Å². The van der Waals surface area contributed by atoms with Gasteiger partial charge in [-0.05, 0) is 30.7 Å². The number of hydrogen-bond donors (Lipinski definition) is 3. The summed E-state index contributed by atoms with van der Waals surface area (Å²) in [5, 5.41) is 25.5. The Morgan fingerprint density at radius 1 is 1.53 bits per heavy atom. The van der Waals surface area contributed by atoms with E-state index in [1.807, 2.05) is 6.07 Å². The Labute approximate surface area is 114 Å². The van der Waals surface area contributed by atoms with Crippen LogP contribution < -0.4 is 10.6 Å². The molecule has 0 bridgehead atoms. The second kappa shape index (κ2) is 5.38. The SMILES string of the molecule is N#Cc1ccsc1NC(=O)CNC1(C(=O)O)CCC1. The summed E-state index contributed by atoms with van der Waals surface area (Å²) < 4.78 is 0. The Morgan fingerprint density at radius 3 is 2.79 bits per heavy atom. The van der Waals surface area contributed by atoms with Crippen LogP contribution in [0.25, 0.3) is 0 Å². The highest BCUT2D eigenvalue weighted by molar-refractivity contribution is 7.14. The zero-order chi connectivity index (χ0) is 13.9. The van der Waals surface area contributed by atoms with Crippen LogP contribution in [0.2, 0.25) is 0 Å². The van der Waals surface area contributed by atoms with Crippen molar-refractivity contribution in [3.63, 3.8) is 0 Å². The van der Waals surface area contributed by atoms with Crippen LogP contribution in [0.15, 0.2) is 11.4 Å². The molecule has 0 saturated heterocycles. The van der Waals surface area contributed by atoms with Crippen LogP contribution in [-0.2, 0) is 9.59 Å². The van der Waals surface area contributed by atoms with Gasteiger partial charge in [-0.25, -0.2) is 0 Å². The van der Waals surface area contributed by atoms with E-state index < -0.39 is 11.5 Å². The van der Waals surface area contributed by atoms with Crippen LogP contribution in [0.4, 0.5) is 5.00 Å². The zero-order valence-electron chi connectivity index (χ0n) is 10.1. The number of nitrogens with one attached hydrogen (secondary N) is 2. The molecule has 0 spiro atoms. The van der Waals surface area contributed by atoms with Crippen LogP contribution in [0.1, 0.15) is 24.8 Å². The molecule has 7 heteroatoms. The van der Waals surface area contributed by atoms with Gasteiger partial charge < -0.3 is 10.4 Å². The summed E-state index contributed by atoms with van der Waals surface area (Å²) in [5.74, 6) is -1.26. The smallest absolute Gasteiger partial charge is 0.323 e. The number of nitrogens with zero attached hydrogens (tertiary/aromatic N) is 1. The summed E-state index contributed by atoms with van der Waals surface area (Å²) in [7, 11) is 0. The summed E-state index contributed by atoms with van der Waals surface area (Å²) in [4.78, 5) is 22.8. The van der Waals surface area contributed by atoms with Crippen molar-refractivity contribution in [2.24, 2.45) is 0 Å². The molecule has 1 aliphatic rings. The Kier molecular flexibility index (Phi) is 3.83. The van der Waals surface area contributed by atoms with Gasteiger partial charge in [-0.2, -0.15) is 5.26 Å². The molecule has 1 saturated carbocycles. The van der Waals surface area contributed by atoms with Crippen LogP contribution in [0, 0.1) is 11.3 Å². The maximum atomic E-state index is 11.7. The van der Waals surface area contributed by atoms with E-state index in [-0.39, 0.29) is 12.5 Å². The standard InChI is InChI=1S/C12H13N3O3S/c13-6-8-2-5-19-10(8)15-9(16)7-14-12(11(17)18)3-1-4-12/h2,5,14H,1,3-4,7H2,(H,15,16)(H,17,18). The lowest BCUT2D eigenvalue weighted by atomic mass is 9.77. The predicted molar refractivity (Wildman–Crippen MR) is 69.9 cm³/mol. The van der Waals surface area contributed by atoms with E-state index in [0.717, 1.165) is 6.42 Å². The number of aliphatic carboxylic acids is 1. The molecule has 1 fully saturated rings. The molecule has 1 amide bonds. The molecule has 1 aromatic rings. The quantitative estimate of drug-likeness (QED) is 0.750. The van der Waals surface area contributed by atoms with E-state index in [0.29, 0.717) is 23.4 Å². The van der Waals surface area contributed by atoms with Gasteiger partial charge in [0.25, 0.3) is 0 Å². The lowest BCUT2D eigenvalue weighted by molar-refractivity contribution is -0.148. The van der Waals surface area contributed by atoms with Crippen molar-refractivity contribution in [1.29, 1.82) is 5.26 Å². The third-order valence-corrected chi connectivity index (χ3v) is 4.07. The first-order valence-electron chi connectivity index (χ1n) is 5.83. The number of carboxylic acid groups (broad SMARTS) is 1. The minimum Gasteiger partial charge on any atom is -0.480 e. The normalized spacial score (nSPS) is 16.2. The molecule has 6 nitrogen and oxygen atoms in total. The molecule has 0 aliphatic heterocycles. The van der Waals surface area contributed by atoms with E-state index in [4.69, 9.17) is 10.4 Å². The minimum absolute atomic E-state index is 0.0743. The van der Waals surface area contributed by atoms with Gasteiger partial charge in [-0.15, -0.1) is 11.3 Å². The Balaban J connectivity index is 1.89. The maximum absolute atomic E-state index is 11.7. The molecular weight excluding hydrogens is 266 g/mol. The fraction of sp³-hybridized carbons (Fsp3) is 0.417. The van der Waals surface area contributed by atoms with Gasteiger partial charge in [-0.1, -0.05) is 0 Å². The molecule has 1 aromatic heterocycles. The summed E-state index contributed by atoms with van der Waals surface area (Å²) in [6.45, 7) is -0.0743. The van der Waals surface area contributed by atoms with Crippen LogP contribution >= 0.6 is 11.3 Å². The van der Waals surface area contributed by atoms with Gasteiger partial charge in [0.1, 0.15) is 16.6 Å². The number of carbonyl (C=O) groups excluding carboxylic acids is 1. The van der Waals surface area contributed by atoms with Crippen LogP contribution in [0.5, 0.6) is 0 Å². The number of carboxylic acids is 1. The Morgan fingerprint density at radius 2 is 2.26 bits per heavy atom. The van der Waals surface area contributed by atoms with Gasteiger partial charge in [0.05, 0.1) is 12.1 Å². The molecule has 1 heterocycles. The van der Waals surface area contributed by atoms with Gasteiger partial charge >= 0.3 is 5.97 Å². The largest absolute Gasteiger partial charge is 0.480 e. The van der Waals surface area contributed by atoms with Crippen molar-refractivity contribution < 1.29 is 14.7 Å². The number of carbonyl (C=O) groups is 2. The number of hydrogen-bond acceptors (Lipinski definition) is 5. The van der Waals surface area contributed by atoms with Crippen molar-refractivity contribution in [2.75, 3.05) is 11.9 Å². The Hall–Kier alpha value is -1.91. The van der Waals surface area contributed by atoms with Crippen molar-refractivity contribution in [1.82, 2.24) is 5.32 Å². The molecule has 19 heavy (non-hydrogen) atoms. The lowest BCUT2D eigenvalue weighted by Crippen LogP contribution is -2.58. The first kappa shape index (κ1) is 13.5. The van der Waals surface area contributed by atoms with E-state index in [1.54, 1.807) is 11.4 Å². The topological polar surface area (TPSA) is 102 Å². The van der Waals surface area contributed by atoms with Gasteiger partial charge in [0, 0.05) is 0 Å². The third-order valence-electron chi connectivity index (χ3n) is 3.24. The Bertz CT molecular complexity index is 543. The number of rotatable bonds is 5. The highest BCUT2D eigenvalue weighted by Crippen LogP contribution is 2.31. The summed E-state index contributed by atoms with van der Waals surface area (Å²) in [6.07, 6.45) is 1.93. The third kappa shape index (κ3) is 2.75. The fourth-order valence-corrected chi connectivity index (χ4v) is 2.66. The molecule has 3 N–H and O–H groups in total. The van der Waals surface area contributed by atoms with Crippen LogP contribution in [0.3, 0.4) is 0 Å². The second-order valence-corrected chi connectivity index (χ2v) is 5.33. The maximum Gasteiger partial charge on any atom is 0.323 e. The van der Waals surface area contributed by atoms with E-state index >= 15 is 0 Å². The highest BCUT2D eigenvalue weighted by atomic mass is 32.1. The highest BCUT2D eigenvalue weighted by Gasteiger charge is 2.44. The number of amides is 1. The average molecular weight is 279 g/mol. The van der Waals surface area contributed by atoms with Crippen LogP contribution in [-0.4, -0.2) is 29.1 Å². The first-order valence-corrected chi connectivity index (χ1v) is 6.71.